The van der Waals surface area contributed by atoms with Gasteiger partial charge in [0.2, 0.25) is 5.91 Å². The van der Waals surface area contributed by atoms with E-state index in [0.29, 0.717) is 19.3 Å². The van der Waals surface area contributed by atoms with Crippen LogP contribution in [0.1, 0.15) is 51.6 Å². The van der Waals surface area contributed by atoms with Crippen molar-refractivity contribution >= 4 is 11.9 Å². The number of carboxylic acids is 1. The van der Waals surface area contributed by atoms with Crippen LogP contribution in [0.25, 0.3) is 0 Å². The molecule has 2 unspecified atom stereocenters. The van der Waals surface area contributed by atoms with Gasteiger partial charge >= 0.3 is 5.97 Å². The number of hydrogen-bond donors (Lipinski definition) is 2. The Kier molecular flexibility index (Phi) is 7.00. The van der Waals surface area contributed by atoms with Crippen molar-refractivity contribution in [1.82, 2.24) is 9.88 Å². The number of aliphatic carboxylic acids is 1. The third-order valence-electron chi connectivity index (χ3n) is 3.61. The number of aromatic nitrogens is 1. The molecular weight excluding hydrogens is 296 g/mol. The molecule has 0 aliphatic heterocycles. The molecule has 0 aromatic carbocycles. The molecule has 0 radical (unpaired) electrons. The number of pyridine rings is 1. The summed E-state index contributed by atoms with van der Waals surface area (Å²) in [5.41, 5.74) is 0.607. The lowest BCUT2D eigenvalue weighted by molar-refractivity contribution is -0.142. The van der Waals surface area contributed by atoms with Gasteiger partial charge in [-0.3, -0.25) is 9.59 Å². The maximum atomic E-state index is 12.6. The summed E-state index contributed by atoms with van der Waals surface area (Å²) in [4.78, 5) is 35.9. The summed E-state index contributed by atoms with van der Waals surface area (Å²) in [6.07, 6.45) is 3.17. The molecule has 2 atom stereocenters. The molecule has 0 bridgehead atoms. The van der Waals surface area contributed by atoms with E-state index in [-0.39, 0.29) is 11.5 Å². The maximum Gasteiger partial charge on any atom is 0.326 e. The molecule has 1 amide bonds. The van der Waals surface area contributed by atoms with Crippen LogP contribution in [0.15, 0.2) is 23.1 Å². The number of carbonyl (C=O) groups excluding carboxylic acids is 1. The van der Waals surface area contributed by atoms with Gasteiger partial charge in [0.1, 0.15) is 12.1 Å². The lowest BCUT2D eigenvalue weighted by Gasteiger charge is -2.23. The molecule has 1 heterocycles. The monoisotopic (exact) mass is 322 g/mol. The summed E-state index contributed by atoms with van der Waals surface area (Å²) in [5.74, 6) is -1.34. The van der Waals surface area contributed by atoms with Crippen LogP contribution in [-0.2, 0) is 9.59 Å². The average Bonchev–Trinajstić information content (AvgIpc) is 2.46. The number of carboxylic acid groups (broad SMARTS) is 1. The van der Waals surface area contributed by atoms with Crippen molar-refractivity contribution in [3.05, 3.63) is 34.2 Å². The average molecular weight is 322 g/mol. The van der Waals surface area contributed by atoms with Gasteiger partial charge in [-0.2, -0.15) is 0 Å². The number of aryl methyl sites for hydroxylation is 1. The van der Waals surface area contributed by atoms with E-state index in [2.05, 4.69) is 5.32 Å². The van der Waals surface area contributed by atoms with Crippen molar-refractivity contribution in [1.29, 1.82) is 0 Å². The Bertz CT molecular complexity index is 607. The van der Waals surface area contributed by atoms with E-state index in [4.69, 9.17) is 0 Å². The molecular formula is C17H26N2O4. The lowest BCUT2D eigenvalue weighted by atomic mass is 10.0. The van der Waals surface area contributed by atoms with Crippen molar-refractivity contribution in [2.75, 3.05) is 0 Å². The first-order valence-corrected chi connectivity index (χ1v) is 7.98. The van der Waals surface area contributed by atoms with Gasteiger partial charge in [0.05, 0.1) is 0 Å². The normalized spacial score (nSPS) is 13.6. The maximum absolute atomic E-state index is 12.6. The van der Waals surface area contributed by atoms with Gasteiger partial charge in [-0.25, -0.2) is 4.79 Å². The minimum Gasteiger partial charge on any atom is -0.480 e. The molecule has 128 valence electrons. The molecule has 1 aromatic rings. The number of nitrogens with one attached hydrogen (secondary N) is 1. The van der Waals surface area contributed by atoms with Crippen molar-refractivity contribution in [2.24, 2.45) is 5.92 Å². The number of hydrogen-bond acceptors (Lipinski definition) is 3. The largest absolute Gasteiger partial charge is 0.480 e. The van der Waals surface area contributed by atoms with E-state index in [1.807, 2.05) is 27.7 Å². The van der Waals surface area contributed by atoms with E-state index < -0.39 is 24.0 Å². The zero-order valence-corrected chi connectivity index (χ0v) is 14.2. The fourth-order valence-electron chi connectivity index (χ4n) is 2.49. The van der Waals surface area contributed by atoms with E-state index in [1.54, 1.807) is 12.3 Å². The quantitative estimate of drug-likeness (QED) is 0.767. The Balaban J connectivity index is 3.04. The lowest BCUT2D eigenvalue weighted by Crippen LogP contribution is -2.46. The third-order valence-corrected chi connectivity index (χ3v) is 3.61. The fourth-order valence-corrected chi connectivity index (χ4v) is 2.49. The number of nitrogens with zero attached hydrogens (tertiary/aromatic N) is 1. The van der Waals surface area contributed by atoms with E-state index in [0.717, 1.165) is 5.56 Å². The molecule has 1 aromatic heterocycles. The van der Waals surface area contributed by atoms with Gasteiger partial charge in [-0.15, -0.1) is 0 Å². The summed E-state index contributed by atoms with van der Waals surface area (Å²) < 4.78 is 1.39. The Hall–Kier alpha value is -2.11. The molecule has 0 spiro atoms. The Morgan fingerprint density at radius 3 is 2.48 bits per heavy atom. The highest BCUT2D eigenvalue weighted by atomic mass is 16.4. The molecule has 6 heteroatoms. The predicted molar refractivity (Wildman–Crippen MR) is 88.4 cm³/mol. The Labute approximate surface area is 136 Å². The molecule has 0 saturated heterocycles. The number of amides is 1. The second-order valence-corrected chi connectivity index (χ2v) is 6.29. The summed E-state index contributed by atoms with van der Waals surface area (Å²) >= 11 is 0. The SMILES string of the molecule is CCCC(C(=O)NC(CC(C)C)C(=O)O)n1cc(C)ccc1=O. The van der Waals surface area contributed by atoms with Gasteiger partial charge in [-0.1, -0.05) is 33.3 Å². The van der Waals surface area contributed by atoms with Crippen molar-refractivity contribution in [3.8, 4) is 0 Å². The summed E-state index contributed by atoms with van der Waals surface area (Å²) in [5, 5.41) is 11.8. The molecule has 6 nitrogen and oxygen atoms in total. The van der Waals surface area contributed by atoms with Gasteiger partial charge in [0.15, 0.2) is 0 Å². The third kappa shape index (κ3) is 5.54. The number of rotatable bonds is 8. The second-order valence-electron chi connectivity index (χ2n) is 6.29. The molecule has 0 aliphatic rings. The minimum atomic E-state index is -1.06. The van der Waals surface area contributed by atoms with E-state index in [1.165, 1.54) is 10.6 Å². The van der Waals surface area contributed by atoms with Gasteiger partial charge in [0.25, 0.3) is 5.56 Å². The molecule has 0 aliphatic carbocycles. The standard InChI is InChI=1S/C17H26N2O4/c1-5-6-14(19-10-12(4)7-8-15(19)20)16(21)18-13(17(22)23)9-11(2)3/h7-8,10-11,13-14H,5-6,9H2,1-4H3,(H,18,21)(H,22,23). The Morgan fingerprint density at radius 2 is 1.96 bits per heavy atom. The highest BCUT2D eigenvalue weighted by Crippen LogP contribution is 2.14. The van der Waals surface area contributed by atoms with Crippen LogP contribution in [-0.4, -0.2) is 27.6 Å². The first kappa shape index (κ1) is 18.9. The van der Waals surface area contributed by atoms with Gasteiger partial charge in [0, 0.05) is 12.3 Å². The molecule has 23 heavy (non-hydrogen) atoms. The van der Waals surface area contributed by atoms with Crippen molar-refractivity contribution < 1.29 is 14.7 Å². The van der Waals surface area contributed by atoms with Gasteiger partial charge < -0.3 is 15.0 Å². The van der Waals surface area contributed by atoms with Gasteiger partial charge in [-0.05, 0) is 31.2 Å². The number of carbonyl (C=O) groups is 2. The topological polar surface area (TPSA) is 88.4 Å². The van der Waals surface area contributed by atoms with Crippen LogP contribution >= 0.6 is 0 Å². The molecule has 2 N–H and O–H groups in total. The van der Waals surface area contributed by atoms with Crippen LogP contribution in [0, 0.1) is 12.8 Å². The predicted octanol–water partition coefficient (Wildman–Crippen LogP) is 2.11. The van der Waals surface area contributed by atoms with Crippen LogP contribution < -0.4 is 10.9 Å². The van der Waals surface area contributed by atoms with Crippen molar-refractivity contribution in [2.45, 2.75) is 59.0 Å². The highest BCUT2D eigenvalue weighted by Gasteiger charge is 2.27. The summed E-state index contributed by atoms with van der Waals surface area (Å²) in [6.45, 7) is 7.56. The zero-order chi connectivity index (χ0) is 17.6. The second kappa shape index (κ2) is 8.50. The minimum absolute atomic E-state index is 0.141. The van der Waals surface area contributed by atoms with Crippen LogP contribution in [0.5, 0.6) is 0 Å². The molecule has 0 saturated carbocycles. The first-order valence-electron chi connectivity index (χ1n) is 7.98. The zero-order valence-electron chi connectivity index (χ0n) is 14.2. The molecule has 1 rings (SSSR count). The van der Waals surface area contributed by atoms with Crippen LogP contribution in [0.2, 0.25) is 0 Å². The molecule has 0 fully saturated rings. The van der Waals surface area contributed by atoms with Crippen molar-refractivity contribution in [3.63, 3.8) is 0 Å². The highest BCUT2D eigenvalue weighted by molar-refractivity contribution is 5.86. The summed E-state index contributed by atoms with van der Waals surface area (Å²) in [6, 6.07) is 1.48. The van der Waals surface area contributed by atoms with E-state index >= 15 is 0 Å². The Morgan fingerprint density at radius 1 is 1.30 bits per heavy atom. The first-order chi connectivity index (χ1) is 10.8. The fraction of sp³-hybridized carbons (Fsp3) is 0.588. The summed E-state index contributed by atoms with van der Waals surface area (Å²) in [7, 11) is 0. The van der Waals surface area contributed by atoms with Crippen LogP contribution in [0.3, 0.4) is 0 Å². The van der Waals surface area contributed by atoms with Crippen LogP contribution in [0.4, 0.5) is 0 Å². The smallest absolute Gasteiger partial charge is 0.326 e. The van der Waals surface area contributed by atoms with E-state index in [9.17, 15) is 19.5 Å².